The van der Waals surface area contributed by atoms with Crippen molar-refractivity contribution in [1.82, 2.24) is 0 Å². The van der Waals surface area contributed by atoms with Gasteiger partial charge in [0.2, 0.25) is 5.91 Å². The number of benzene rings is 1. The van der Waals surface area contributed by atoms with Crippen molar-refractivity contribution in [1.29, 1.82) is 0 Å². The van der Waals surface area contributed by atoms with Gasteiger partial charge in [-0.3, -0.25) is 4.79 Å². The topological polar surface area (TPSA) is 66.4 Å². The molecule has 0 spiro atoms. The first kappa shape index (κ1) is 15.2. The van der Waals surface area contributed by atoms with Crippen molar-refractivity contribution in [2.75, 3.05) is 5.32 Å². The molecule has 4 heteroatoms. The van der Waals surface area contributed by atoms with Crippen LogP contribution in [0.3, 0.4) is 0 Å². The molecule has 0 aromatic heterocycles. The van der Waals surface area contributed by atoms with Gasteiger partial charge in [-0.25, -0.2) is 4.79 Å². The maximum atomic E-state index is 11.8. The number of rotatable bonds is 7. The van der Waals surface area contributed by atoms with E-state index in [2.05, 4.69) is 12.2 Å². The Morgan fingerprint density at radius 1 is 1.21 bits per heavy atom. The molecule has 0 heterocycles. The van der Waals surface area contributed by atoms with Crippen LogP contribution in [0.25, 0.3) is 0 Å². The molecule has 104 valence electrons. The monoisotopic (exact) mass is 263 g/mol. The summed E-state index contributed by atoms with van der Waals surface area (Å²) in [6.45, 7) is 3.84. The molecule has 19 heavy (non-hydrogen) atoms. The molecule has 1 aromatic carbocycles. The summed E-state index contributed by atoms with van der Waals surface area (Å²) in [7, 11) is 0. The van der Waals surface area contributed by atoms with Gasteiger partial charge >= 0.3 is 5.97 Å². The molecule has 2 N–H and O–H groups in total. The predicted octanol–water partition coefficient (Wildman–Crippen LogP) is 3.60. The fraction of sp³-hybridized carbons (Fsp3) is 0.467. The fourth-order valence-electron chi connectivity index (χ4n) is 1.98. The second-order valence-electron chi connectivity index (χ2n) is 4.66. The highest BCUT2D eigenvalue weighted by Crippen LogP contribution is 2.20. The number of amides is 1. The molecule has 0 radical (unpaired) electrons. The van der Waals surface area contributed by atoms with E-state index in [-0.39, 0.29) is 11.5 Å². The lowest BCUT2D eigenvalue weighted by molar-refractivity contribution is -0.116. The first-order valence-electron chi connectivity index (χ1n) is 6.69. The smallest absolute Gasteiger partial charge is 0.338 e. The van der Waals surface area contributed by atoms with Gasteiger partial charge in [0, 0.05) is 6.42 Å². The first-order chi connectivity index (χ1) is 9.06. The van der Waals surface area contributed by atoms with Gasteiger partial charge in [0.05, 0.1) is 11.3 Å². The number of anilines is 1. The average Bonchev–Trinajstić information content (AvgIpc) is 2.34. The summed E-state index contributed by atoms with van der Waals surface area (Å²) < 4.78 is 0. The number of carboxylic acids is 1. The fourth-order valence-corrected chi connectivity index (χ4v) is 1.98. The molecule has 0 aliphatic rings. The van der Waals surface area contributed by atoms with Gasteiger partial charge in [-0.05, 0) is 25.0 Å². The Balaban J connectivity index is 2.64. The number of nitrogens with one attached hydrogen (secondary N) is 1. The third-order valence-electron chi connectivity index (χ3n) is 3.02. The molecule has 0 aliphatic carbocycles. The van der Waals surface area contributed by atoms with E-state index in [4.69, 9.17) is 5.11 Å². The third kappa shape index (κ3) is 4.73. The minimum Gasteiger partial charge on any atom is -0.478 e. The minimum atomic E-state index is -1.01. The highest BCUT2D eigenvalue weighted by atomic mass is 16.4. The second kappa shape index (κ2) is 7.56. The van der Waals surface area contributed by atoms with E-state index in [1.165, 1.54) is 0 Å². The van der Waals surface area contributed by atoms with Crippen LogP contribution in [0.4, 0.5) is 5.69 Å². The Morgan fingerprint density at radius 3 is 2.58 bits per heavy atom. The normalized spacial score (nSPS) is 10.2. The summed E-state index contributed by atoms with van der Waals surface area (Å²) >= 11 is 0. The van der Waals surface area contributed by atoms with Crippen LogP contribution in [0.15, 0.2) is 18.2 Å². The van der Waals surface area contributed by atoms with Gasteiger partial charge in [-0.2, -0.15) is 0 Å². The standard InChI is InChI=1S/C15H21NO3/c1-3-4-5-6-10-13(17)16-12-9-7-8-11(2)14(12)15(18)19/h7-9H,3-6,10H2,1-2H3,(H,16,17)(H,18,19). The van der Waals surface area contributed by atoms with Gasteiger partial charge in [-0.1, -0.05) is 38.3 Å². The summed E-state index contributed by atoms with van der Waals surface area (Å²) in [4.78, 5) is 22.9. The van der Waals surface area contributed by atoms with Crippen LogP contribution in [-0.4, -0.2) is 17.0 Å². The molecule has 1 amide bonds. The molecular formula is C15H21NO3. The lowest BCUT2D eigenvalue weighted by Gasteiger charge is -2.10. The van der Waals surface area contributed by atoms with Crippen LogP contribution in [0.2, 0.25) is 0 Å². The molecule has 0 aliphatic heterocycles. The van der Waals surface area contributed by atoms with Gasteiger partial charge in [0.15, 0.2) is 0 Å². The molecular weight excluding hydrogens is 242 g/mol. The van der Waals surface area contributed by atoms with Crippen LogP contribution in [0.5, 0.6) is 0 Å². The lowest BCUT2D eigenvalue weighted by atomic mass is 10.1. The number of aryl methyl sites for hydroxylation is 1. The molecule has 0 bridgehead atoms. The number of hydrogen-bond donors (Lipinski definition) is 2. The average molecular weight is 263 g/mol. The zero-order chi connectivity index (χ0) is 14.3. The number of hydrogen-bond acceptors (Lipinski definition) is 2. The van der Waals surface area contributed by atoms with Gasteiger partial charge in [0.25, 0.3) is 0 Å². The van der Waals surface area contributed by atoms with Crippen molar-refractivity contribution in [3.63, 3.8) is 0 Å². The molecule has 1 aromatic rings. The Labute approximate surface area is 113 Å². The van der Waals surface area contributed by atoms with E-state index in [1.54, 1.807) is 25.1 Å². The van der Waals surface area contributed by atoms with Crippen molar-refractivity contribution in [2.24, 2.45) is 0 Å². The van der Waals surface area contributed by atoms with Crippen molar-refractivity contribution >= 4 is 17.6 Å². The van der Waals surface area contributed by atoms with Gasteiger partial charge in [-0.15, -0.1) is 0 Å². The summed E-state index contributed by atoms with van der Waals surface area (Å²) in [6, 6.07) is 5.09. The second-order valence-corrected chi connectivity index (χ2v) is 4.66. The Bertz CT molecular complexity index is 455. The van der Waals surface area contributed by atoms with Crippen LogP contribution in [-0.2, 0) is 4.79 Å². The van der Waals surface area contributed by atoms with Gasteiger partial charge < -0.3 is 10.4 Å². The van der Waals surface area contributed by atoms with E-state index in [1.807, 2.05) is 0 Å². The van der Waals surface area contributed by atoms with Crippen molar-refractivity contribution in [2.45, 2.75) is 46.0 Å². The molecule has 0 atom stereocenters. The summed E-state index contributed by atoms with van der Waals surface area (Å²) in [5.41, 5.74) is 1.20. The van der Waals surface area contributed by atoms with Crippen LogP contribution in [0.1, 0.15) is 54.9 Å². The van der Waals surface area contributed by atoms with E-state index < -0.39 is 5.97 Å². The number of unbranched alkanes of at least 4 members (excludes halogenated alkanes) is 3. The van der Waals surface area contributed by atoms with E-state index in [9.17, 15) is 9.59 Å². The maximum absolute atomic E-state index is 11.8. The van der Waals surface area contributed by atoms with E-state index in [0.717, 1.165) is 25.7 Å². The Kier molecular flexibility index (Phi) is 6.06. The summed E-state index contributed by atoms with van der Waals surface area (Å²) in [5, 5.41) is 11.8. The van der Waals surface area contributed by atoms with Crippen LogP contribution in [0, 0.1) is 6.92 Å². The molecule has 0 saturated carbocycles. The number of aromatic carboxylic acids is 1. The van der Waals surface area contributed by atoms with Crippen LogP contribution < -0.4 is 5.32 Å². The number of carboxylic acid groups (broad SMARTS) is 1. The first-order valence-corrected chi connectivity index (χ1v) is 6.69. The lowest BCUT2D eigenvalue weighted by Crippen LogP contribution is -2.15. The highest BCUT2D eigenvalue weighted by molar-refractivity contribution is 6.01. The Hall–Kier alpha value is -1.84. The summed E-state index contributed by atoms with van der Waals surface area (Å²) in [6.07, 6.45) is 4.56. The zero-order valence-electron chi connectivity index (χ0n) is 11.5. The van der Waals surface area contributed by atoms with Crippen molar-refractivity contribution in [3.8, 4) is 0 Å². The summed E-state index contributed by atoms with van der Waals surface area (Å²) in [5.74, 6) is -1.14. The molecule has 4 nitrogen and oxygen atoms in total. The molecule has 0 fully saturated rings. The quantitative estimate of drug-likeness (QED) is 0.738. The molecule has 0 unspecified atom stereocenters. The zero-order valence-corrected chi connectivity index (χ0v) is 11.5. The third-order valence-corrected chi connectivity index (χ3v) is 3.02. The van der Waals surface area contributed by atoms with E-state index in [0.29, 0.717) is 17.7 Å². The van der Waals surface area contributed by atoms with Crippen molar-refractivity contribution < 1.29 is 14.7 Å². The number of carbonyl (C=O) groups is 2. The van der Waals surface area contributed by atoms with Crippen molar-refractivity contribution in [3.05, 3.63) is 29.3 Å². The Morgan fingerprint density at radius 2 is 1.95 bits per heavy atom. The van der Waals surface area contributed by atoms with Crippen LogP contribution >= 0.6 is 0 Å². The van der Waals surface area contributed by atoms with E-state index >= 15 is 0 Å². The number of carbonyl (C=O) groups excluding carboxylic acids is 1. The SMILES string of the molecule is CCCCCCC(=O)Nc1cccc(C)c1C(=O)O. The maximum Gasteiger partial charge on any atom is 0.338 e. The largest absolute Gasteiger partial charge is 0.478 e. The minimum absolute atomic E-state index is 0.121. The molecule has 0 saturated heterocycles. The molecule has 1 rings (SSSR count). The predicted molar refractivity (Wildman–Crippen MR) is 75.5 cm³/mol. The van der Waals surface area contributed by atoms with Gasteiger partial charge in [0.1, 0.15) is 0 Å². The highest BCUT2D eigenvalue weighted by Gasteiger charge is 2.14.